The fourth-order valence-electron chi connectivity index (χ4n) is 2.38. The quantitative estimate of drug-likeness (QED) is 0.706. The Bertz CT molecular complexity index is 840. The molecule has 2 aromatic carbocycles. The number of para-hydroxylation sites is 1. The highest BCUT2D eigenvalue weighted by Gasteiger charge is 2.62. The van der Waals surface area contributed by atoms with E-state index in [1.807, 2.05) is 0 Å². The number of aliphatic hydroxyl groups is 1. The van der Waals surface area contributed by atoms with Crippen molar-refractivity contribution in [3.8, 4) is 0 Å². The number of rotatable bonds is 4. The molecule has 27 heavy (non-hydrogen) atoms. The minimum atomic E-state index is -5.29. The Morgan fingerprint density at radius 3 is 2.19 bits per heavy atom. The number of esters is 1. The summed E-state index contributed by atoms with van der Waals surface area (Å²) in [6.45, 7) is 1.43. The third-order valence-electron chi connectivity index (χ3n) is 3.82. The average molecular weight is 382 g/mol. The number of halogens is 3. The third kappa shape index (κ3) is 4.20. The maximum Gasteiger partial charge on any atom is 0.432 e. The Balaban J connectivity index is 2.26. The minimum absolute atomic E-state index is 0.210. The summed E-state index contributed by atoms with van der Waals surface area (Å²) in [5, 5.41) is 15.0. The van der Waals surface area contributed by atoms with Gasteiger partial charge in [-0.2, -0.15) is 13.2 Å². The lowest BCUT2D eigenvalue weighted by Gasteiger charge is -2.28. The van der Waals surface area contributed by atoms with Crippen LogP contribution in [0.5, 0.6) is 0 Å². The number of alkyl halides is 3. The number of urea groups is 1. The Morgan fingerprint density at radius 1 is 1.04 bits per heavy atom. The first-order valence-electron chi connectivity index (χ1n) is 7.71. The molecule has 6 nitrogen and oxygen atoms in total. The van der Waals surface area contributed by atoms with Crippen molar-refractivity contribution in [3.05, 3.63) is 59.7 Å². The Morgan fingerprint density at radius 2 is 1.67 bits per heavy atom. The van der Waals surface area contributed by atoms with Gasteiger partial charge in [0.2, 0.25) is 0 Å². The van der Waals surface area contributed by atoms with Crippen LogP contribution in [0, 0.1) is 6.92 Å². The number of aryl methyl sites for hydroxylation is 1. The summed E-state index contributed by atoms with van der Waals surface area (Å²) in [4.78, 5) is 23.6. The molecule has 144 valence electrons. The molecule has 0 unspecified atom stereocenters. The van der Waals surface area contributed by atoms with Crippen LogP contribution in [0.25, 0.3) is 0 Å². The van der Waals surface area contributed by atoms with E-state index in [0.717, 1.165) is 25.3 Å². The Kier molecular flexibility index (Phi) is 5.75. The fraction of sp³-hybridized carbons (Fsp3) is 0.222. The average Bonchev–Trinajstić information content (AvgIpc) is 2.61. The first kappa shape index (κ1) is 20.2. The van der Waals surface area contributed by atoms with E-state index >= 15 is 0 Å². The topological polar surface area (TPSA) is 87.7 Å². The van der Waals surface area contributed by atoms with Crippen LogP contribution in [0.2, 0.25) is 0 Å². The molecule has 0 heterocycles. The van der Waals surface area contributed by atoms with Crippen molar-refractivity contribution >= 4 is 23.4 Å². The van der Waals surface area contributed by atoms with Crippen LogP contribution in [0.4, 0.5) is 29.3 Å². The molecule has 0 aliphatic rings. The molecule has 0 saturated heterocycles. The predicted molar refractivity (Wildman–Crippen MR) is 92.2 cm³/mol. The lowest BCUT2D eigenvalue weighted by molar-refractivity contribution is -0.266. The summed E-state index contributed by atoms with van der Waals surface area (Å²) in [5.74, 6) is -1.85. The van der Waals surface area contributed by atoms with Crippen LogP contribution in [-0.4, -0.2) is 30.4 Å². The highest BCUT2D eigenvalue weighted by atomic mass is 19.4. The van der Waals surface area contributed by atoms with E-state index in [2.05, 4.69) is 15.4 Å². The molecule has 0 bridgehead atoms. The largest absolute Gasteiger partial charge is 0.466 e. The van der Waals surface area contributed by atoms with E-state index in [9.17, 15) is 27.9 Å². The normalized spacial score (nSPS) is 13.4. The van der Waals surface area contributed by atoms with Crippen LogP contribution < -0.4 is 10.6 Å². The van der Waals surface area contributed by atoms with E-state index < -0.39 is 29.3 Å². The number of hydrogen-bond donors (Lipinski definition) is 3. The van der Waals surface area contributed by atoms with Gasteiger partial charge in [-0.25, -0.2) is 9.59 Å². The molecular formula is C18H17F3N2O4. The second kappa shape index (κ2) is 7.67. The first-order chi connectivity index (χ1) is 12.6. The highest BCUT2D eigenvalue weighted by molar-refractivity contribution is 6.00. The molecule has 0 saturated carbocycles. The summed E-state index contributed by atoms with van der Waals surface area (Å²) >= 11 is 0. The minimum Gasteiger partial charge on any atom is -0.466 e. The van der Waals surface area contributed by atoms with E-state index in [0.29, 0.717) is 5.69 Å². The zero-order chi connectivity index (χ0) is 20.2. The number of hydrogen-bond acceptors (Lipinski definition) is 4. The fourth-order valence-corrected chi connectivity index (χ4v) is 2.38. The van der Waals surface area contributed by atoms with E-state index in [1.165, 1.54) is 6.92 Å². The van der Waals surface area contributed by atoms with Crippen molar-refractivity contribution in [3.63, 3.8) is 0 Å². The summed E-state index contributed by atoms with van der Waals surface area (Å²) in [6.07, 6.45) is -5.29. The number of benzene rings is 2. The number of carbonyl (C=O) groups excluding carboxylic acids is 2. The van der Waals surface area contributed by atoms with Crippen LogP contribution in [-0.2, 0) is 15.1 Å². The molecular weight excluding hydrogens is 365 g/mol. The van der Waals surface area contributed by atoms with Crippen LogP contribution in [0.1, 0.15) is 11.1 Å². The van der Waals surface area contributed by atoms with Gasteiger partial charge < -0.3 is 20.5 Å². The zero-order valence-electron chi connectivity index (χ0n) is 14.4. The SMILES string of the molecule is COC(=O)[C@](O)(c1ccc(NC(=O)Nc2ccccc2)c(C)c1)C(F)(F)F. The molecule has 0 spiro atoms. The van der Waals surface area contributed by atoms with Gasteiger partial charge in [0.05, 0.1) is 7.11 Å². The van der Waals surface area contributed by atoms with Gasteiger partial charge in [0.25, 0.3) is 5.60 Å². The lowest BCUT2D eigenvalue weighted by Crippen LogP contribution is -2.49. The van der Waals surface area contributed by atoms with Gasteiger partial charge in [0.15, 0.2) is 0 Å². The molecule has 9 heteroatoms. The van der Waals surface area contributed by atoms with Crippen LogP contribution in [0.15, 0.2) is 48.5 Å². The van der Waals surface area contributed by atoms with Gasteiger partial charge >= 0.3 is 18.2 Å². The van der Waals surface area contributed by atoms with E-state index in [4.69, 9.17) is 0 Å². The van der Waals surface area contributed by atoms with Crippen LogP contribution in [0.3, 0.4) is 0 Å². The summed E-state index contributed by atoms with van der Waals surface area (Å²) in [6, 6.07) is 11.0. The predicted octanol–water partition coefficient (Wildman–Crippen LogP) is 3.56. The van der Waals surface area contributed by atoms with Gasteiger partial charge in [-0.1, -0.05) is 30.3 Å². The van der Waals surface area contributed by atoms with Gasteiger partial charge in [0.1, 0.15) is 0 Å². The molecule has 0 aliphatic heterocycles. The molecule has 0 aromatic heterocycles. The number of anilines is 2. The van der Waals surface area contributed by atoms with Gasteiger partial charge in [-0.3, -0.25) is 0 Å². The number of methoxy groups -OCH3 is 1. The van der Waals surface area contributed by atoms with E-state index in [1.54, 1.807) is 30.3 Å². The number of ether oxygens (including phenoxy) is 1. The van der Waals surface area contributed by atoms with Crippen molar-refractivity contribution in [2.24, 2.45) is 0 Å². The Hall–Kier alpha value is -3.07. The molecule has 2 rings (SSSR count). The molecule has 0 radical (unpaired) electrons. The second-order valence-corrected chi connectivity index (χ2v) is 5.67. The monoisotopic (exact) mass is 382 g/mol. The number of nitrogens with one attached hydrogen (secondary N) is 2. The smallest absolute Gasteiger partial charge is 0.432 e. The van der Waals surface area contributed by atoms with E-state index in [-0.39, 0.29) is 11.3 Å². The molecule has 0 aliphatic carbocycles. The van der Waals surface area contributed by atoms with Crippen molar-refractivity contribution in [1.29, 1.82) is 0 Å². The van der Waals surface area contributed by atoms with Gasteiger partial charge in [-0.05, 0) is 30.7 Å². The molecule has 1 atom stereocenters. The Labute approximate surface area is 153 Å². The van der Waals surface area contributed by atoms with Crippen molar-refractivity contribution < 1.29 is 32.6 Å². The molecule has 2 amide bonds. The van der Waals surface area contributed by atoms with Gasteiger partial charge in [0, 0.05) is 16.9 Å². The maximum atomic E-state index is 13.3. The van der Waals surface area contributed by atoms with Crippen molar-refractivity contribution in [2.75, 3.05) is 17.7 Å². The molecule has 0 fully saturated rings. The summed E-state index contributed by atoms with van der Waals surface area (Å²) < 4.78 is 44.0. The maximum absolute atomic E-state index is 13.3. The zero-order valence-corrected chi connectivity index (χ0v) is 14.4. The third-order valence-corrected chi connectivity index (χ3v) is 3.82. The highest BCUT2D eigenvalue weighted by Crippen LogP contribution is 2.40. The molecule has 2 aromatic rings. The summed E-state index contributed by atoms with van der Waals surface area (Å²) in [5.41, 5.74) is -3.57. The van der Waals surface area contributed by atoms with Crippen molar-refractivity contribution in [1.82, 2.24) is 0 Å². The molecule has 3 N–H and O–H groups in total. The number of amides is 2. The van der Waals surface area contributed by atoms with Crippen LogP contribution >= 0.6 is 0 Å². The number of carbonyl (C=O) groups is 2. The van der Waals surface area contributed by atoms with Gasteiger partial charge in [-0.15, -0.1) is 0 Å². The second-order valence-electron chi connectivity index (χ2n) is 5.67. The van der Waals surface area contributed by atoms with Crippen molar-refractivity contribution in [2.45, 2.75) is 18.7 Å². The summed E-state index contributed by atoms with van der Waals surface area (Å²) in [7, 11) is 0.746. The lowest BCUT2D eigenvalue weighted by atomic mass is 9.91. The first-order valence-corrected chi connectivity index (χ1v) is 7.71. The standard InChI is InChI=1S/C18H17F3N2O4/c1-11-10-12(17(26,15(24)27-2)18(19,20)21)8-9-14(11)23-16(25)22-13-6-4-3-5-7-13/h3-10,26H,1-2H3,(H2,22,23,25)/t17-/m1/s1.